The molecule has 2 nitrogen and oxygen atoms in total. The molecule has 0 fully saturated rings. The van der Waals surface area contributed by atoms with E-state index in [9.17, 15) is 0 Å². The first-order chi connectivity index (χ1) is 10.4. The number of benzene rings is 1. The number of ether oxygens (including phenoxy) is 1. The number of rotatable bonds is 6. The minimum atomic E-state index is 0.459. The molecule has 112 valence electrons. The van der Waals surface area contributed by atoms with Crippen molar-refractivity contribution >= 4 is 11.3 Å². The maximum absolute atomic E-state index is 5.79. The third-order valence-corrected chi connectivity index (χ3v) is 5.12. The van der Waals surface area contributed by atoms with E-state index in [0.717, 1.165) is 31.7 Å². The Labute approximate surface area is 131 Å². The highest BCUT2D eigenvalue weighted by Gasteiger charge is 2.25. The van der Waals surface area contributed by atoms with Gasteiger partial charge in [0.05, 0.1) is 6.61 Å². The quantitative estimate of drug-likeness (QED) is 0.831. The molecule has 3 heteroatoms. The highest BCUT2D eigenvalue weighted by molar-refractivity contribution is 7.10. The van der Waals surface area contributed by atoms with Crippen molar-refractivity contribution < 1.29 is 4.74 Å². The Morgan fingerprint density at radius 3 is 3.00 bits per heavy atom. The van der Waals surface area contributed by atoms with Crippen molar-refractivity contribution in [1.29, 1.82) is 0 Å². The normalized spacial score (nSPS) is 18.8. The Morgan fingerprint density at radius 2 is 2.19 bits per heavy atom. The number of fused-ring (bicyclic) bond motifs is 1. The molecule has 1 aromatic carbocycles. The molecule has 2 atom stereocenters. The van der Waals surface area contributed by atoms with Gasteiger partial charge in [0.15, 0.2) is 0 Å². The third kappa shape index (κ3) is 3.47. The lowest BCUT2D eigenvalue weighted by Gasteiger charge is -2.29. The van der Waals surface area contributed by atoms with Gasteiger partial charge in [-0.2, -0.15) is 0 Å². The van der Waals surface area contributed by atoms with Gasteiger partial charge >= 0.3 is 0 Å². The number of nitrogens with one attached hydrogen (secondary N) is 1. The molecule has 2 aromatic rings. The Kier molecular flexibility index (Phi) is 4.94. The summed E-state index contributed by atoms with van der Waals surface area (Å²) >= 11 is 1.86. The van der Waals surface area contributed by atoms with Gasteiger partial charge in [-0.15, -0.1) is 11.3 Å². The van der Waals surface area contributed by atoms with Crippen LogP contribution in [0.1, 0.15) is 48.6 Å². The molecule has 0 amide bonds. The minimum Gasteiger partial charge on any atom is -0.493 e. The van der Waals surface area contributed by atoms with E-state index in [-0.39, 0.29) is 0 Å². The van der Waals surface area contributed by atoms with Crippen molar-refractivity contribution in [2.24, 2.45) is 0 Å². The van der Waals surface area contributed by atoms with E-state index in [1.165, 1.54) is 16.9 Å². The Bertz CT molecular complexity index is 552. The summed E-state index contributed by atoms with van der Waals surface area (Å²) in [6.07, 6.45) is 3.44. The van der Waals surface area contributed by atoms with E-state index in [1.54, 1.807) is 0 Å². The molecule has 0 spiro atoms. The van der Waals surface area contributed by atoms with Crippen LogP contribution in [-0.2, 0) is 0 Å². The van der Waals surface area contributed by atoms with Crippen LogP contribution in [0.2, 0.25) is 0 Å². The van der Waals surface area contributed by atoms with Gasteiger partial charge in [-0.05, 0) is 54.8 Å². The van der Waals surface area contributed by atoms with Gasteiger partial charge in [0.25, 0.3) is 0 Å². The van der Waals surface area contributed by atoms with E-state index in [0.29, 0.717) is 12.0 Å². The average Bonchev–Trinajstić information content (AvgIpc) is 3.06. The van der Waals surface area contributed by atoms with Gasteiger partial charge in [0, 0.05) is 10.9 Å². The zero-order chi connectivity index (χ0) is 14.5. The van der Waals surface area contributed by atoms with Crippen LogP contribution in [0.5, 0.6) is 5.75 Å². The second-order valence-corrected chi connectivity index (χ2v) is 6.61. The summed E-state index contributed by atoms with van der Waals surface area (Å²) in [6.45, 7) is 4.14. The number of hydrogen-bond acceptors (Lipinski definition) is 3. The topological polar surface area (TPSA) is 21.3 Å². The van der Waals surface area contributed by atoms with E-state index >= 15 is 0 Å². The average molecular weight is 301 g/mol. The highest BCUT2D eigenvalue weighted by Crippen LogP contribution is 2.39. The fraction of sp³-hybridized carbons (Fsp3) is 0.444. The van der Waals surface area contributed by atoms with Gasteiger partial charge in [-0.1, -0.05) is 31.2 Å². The van der Waals surface area contributed by atoms with Crippen LogP contribution in [0, 0.1) is 0 Å². The molecule has 1 aromatic heterocycles. The van der Waals surface area contributed by atoms with Gasteiger partial charge in [0.2, 0.25) is 0 Å². The summed E-state index contributed by atoms with van der Waals surface area (Å²) in [6, 6.07) is 13.4. The molecule has 0 radical (unpaired) electrons. The summed E-state index contributed by atoms with van der Waals surface area (Å²) in [5.74, 6) is 1.67. The number of thiophene rings is 1. The monoisotopic (exact) mass is 301 g/mol. The smallest absolute Gasteiger partial charge is 0.122 e. The Morgan fingerprint density at radius 1 is 1.29 bits per heavy atom. The Balaban J connectivity index is 1.77. The largest absolute Gasteiger partial charge is 0.493 e. The van der Waals surface area contributed by atoms with Crippen LogP contribution in [0.3, 0.4) is 0 Å². The van der Waals surface area contributed by atoms with Crippen LogP contribution in [0.4, 0.5) is 0 Å². The zero-order valence-corrected chi connectivity index (χ0v) is 13.4. The predicted molar refractivity (Wildman–Crippen MR) is 89.3 cm³/mol. The lowest BCUT2D eigenvalue weighted by molar-refractivity contribution is 0.255. The van der Waals surface area contributed by atoms with Crippen LogP contribution in [-0.4, -0.2) is 13.2 Å². The SMILES string of the molecule is CCCNC(CC1CCOc2ccccc21)c1cccs1. The molecule has 1 aliphatic rings. The summed E-state index contributed by atoms with van der Waals surface area (Å²) in [5.41, 5.74) is 1.38. The van der Waals surface area contributed by atoms with Gasteiger partial charge < -0.3 is 10.1 Å². The van der Waals surface area contributed by atoms with Crippen LogP contribution < -0.4 is 10.1 Å². The fourth-order valence-corrected chi connectivity index (χ4v) is 3.87. The molecule has 0 bridgehead atoms. The molecule has 1 N–H and O–H groups in total. The molecule has 0 saturated heterocycles. The van der Waals surface area contributed by atoms with Crippen molar-refractivity contribution in [3.63, 3.8) is 0 Å². The maximum atomic E-state index is 5.79. The second kappa shape index (κ2) is 7.10. The van der Waals surface area contributed by atoms with Gasteiger partial charge in [-0.25, -0.2) is 0 Å². The van der Waals surface area contributed by atoms with Crippen LogP contribution >= 0.6 is 11.3 Å². The van der Waals surface area contributed by atoms with Crippen molar-refractivity contribution in [1.82, 2.24) is 5.32 Å². The Hall–Kier alpha value is -1.32. The molecule has 2 heterocycles. The second-order valence-electron chi connectivity index (χ2n) is 5.63. The first kappa shape index (κ1) is 14.6. The van der Waals surface area contributed by atoms with E-state index in [4.69, 9.17) is 4.74 Å². The maximum Gasteiger partial charge on any atom is 0.122 e. The van der Waals surface area contributed by atoms with Crippen LogP contribution in [0.25, 0.3) is 0 Å². The number of hydrogen-bond donors (Lipinski definition) is 1. The highest BCUT2D eigenvalue weighted by atomic mass is 32.1. The van der Waals surface area contributed by atoms with Gasteiger partial charge in [0.1, 0.15) is 5.75 Å². The van der Waals surface area contributed by atoms with Crippen LogP contribution in [0.15, 0.2) is 41.8 Å². The molecular formula is C18H23NOS. The first-order valence-electron chi connectivity index (χ1n) is 7.87. The molecule has 2 unspecified atom stereocenters. The van der Waals surface area contributed by atoms with Crippen molar-refractivity contribution in [2.75, 3.05) is 13.2 Å². The molecule has 21 heavy (non-hydrogen) atoms. The van der Waals surface area contributed by atoms with E-state index in [2.05, 4.69) is 54.0 Å². The minimum absolute atomic E-state index is 0.459. The zero-order valence-electron chi connectivity index (χ0n) is 12.5. The molecular weight excluding hydrogens is 278 g/mol. The summed E-state index contributed by atoms with van der Waals surface area (Å²) < 4.78 is 5.79. The molecule has 0 saturated carbocycles. The lowest BCUT2D eigenvalue weighted by Crippen LogP contribution is -2.25. The predicted octanol–water partition coefficient (Wildman–Crippen LogP) is 4.75. The standard InChI is InChI=1S/C18H23NOS/c1-2-10-19-16(18-8-5-12-21-18)13-14-9-11-20-17-7-4-3-6-15(14)17/h3-8,12,14,16,19H,2,9-11,13H2,1H3. The van der Waals surface area contributed by atoms with E-state index in [1.807, 2.05) is 11.3 Å². The van der Waals surface area contributed by atoms with Crippen molar-refractivity contribution in [3.05, 3.63) is 52.2 Å². The molecule has 1 aliphatic heterocycles. The molecule has 0 aliphatic carbocycles. The summed E-state index contributed by atoms with van der Waals surface area (Å²) in [5, 5.41) is 5.89. The number of para-hydroxylation sites is 1. The summed E-state index contributed by atoms with van der Waals surface area (Å²) in [7, 11) is 0. The van der Waals surface area contributed by atoms with Gasteiger partial charge in [-0.3, -0.25) is 0 Å². The lowest BCUT2D eigenvalue weighted by atomic mass is 9.87. The summed E-state index contributed by atoms with van der Waals surface area (Å²) in [4.78, 5) is 1.45. The van der Waals surface area contributed by atoms with Crippen molar-refractivity contribution in [3.8, 4) is 5.75 Å². The van der Waals surface area contributed by atoms with Crippen molar-refractivity contribution in [2.45, 2.75) is 38.1 Å². The van der Waals surface area contributed by atoms with E-state index < -0.39 is 0 Å². The molecule has 3 rings (SSSR count). The third-order valence-electron chi connectivity index (χ3n) is 4.13. The first-order valence-corrected chi connectivity index (χ1v) is 8.75. The fourth-order valence-electron chi connectivity index (χ4n) is 3.05.